The average Bonchev–Trinajstić information content (AvgIpc) is 1.91. The van der Waals surface area contributed by atoms with Gasteiger partial charge < -0.3 is 4.74 Å². The highest BCUT2D eigenvalue weighted by molar-refractivity contribution is 6.15. The molecular weight excluding hydrogens is 140 g/mol. The fourth-order valence-electron chi connectivity index (χ4n) is 0.174. The van der Waals surface area contributed by atoms with Crippen LogP contribution in [0.1, 0.15) is 6.92 Å². The van der Waals surface area contributed by atoms with Crippen LogP contribution in [0.2, 0.25) is 0 Å². The first kappa shape index (κ1) is 11.3. The lowest BCUT2D eigenvalue weighted by Gasteiger charge is -1.91. The molecule has 54 valence electrons. The van der Waals surface area contributed by atoms with E-state index >= 15 is 0 Å². The normalized spacial score (nSPS) is 6.67. The number of carbonyl (C=O) groups excluding carboxylic acids is 1. The van der Waals surface area contributed by atoms with Gasteiger partial charge in [-0.15, -0.1) is 11.6 Å². The number of alkyl halides is 1. The van der Waals surface area contributed by atoms with Crippen molar-refractivity contribution < 1.29 is 9.53 Å². The van der Waals surface area contributed by atoms with Crippen LogP contribution < -0.4 is 0 Å². The zero-order valence-electron chi connectivity index (χ0n) is 5.90. The van der Waals surface area contributed by atoms with E-state index < -0.39 is 0 Å². The zero-order chi connectivity index (χ0) is 7.86. The molecule has 0 aromatic heterocycles. The fourth-order valence-corrected chi connectivity index (χ4v) is 0.174. The quantitative estimate of drug-likeness (QED) is 0.322. The average molecular weight is 151 g/mol. The number of ether oxygens (including phenoxy) is 1. The van der Waals surface area contributed by atoms with Gasteiger partial charge in [0.25, 0.3) is 0 Å². The zero-order valence-corrected chi connectivity index (χ0v) is 6.66. The molecule has 0 rings (SSSR count). The van der Waals surface area contributed by atoms with Crippen molar-refractivity contribution >= 4 is 17.6 Å². The van der Waals surface area contributed by atoms with Crippen LogP contribution in [0.3, 0.4) is 0 Å². The summed E-state index contributed by atoms with van der Waals surface area (Å²) in [5.74, 6) is -0.347. The summed E-state index contributed by atoms with van der Waals surface area (Å²) in [6, 6.07) is 0. The molecule has 0 aromatic carbocycles. The Kier molecular flexibility index (Phi) is 9.43. The predicted molar refractivity (Wildman–Crippen MR) is 38.6 cm³/mol. The molecule has 0 saturated heterocycles. The van der Waals surface area contributed by atoms with Gasteiger partial charge in [-0.25, -0.2) is 4.79 Å². The van der Waals surface area contributed by atoms with Crippen LogP contribution in [-0.2, 0) is 9.53 Å². The monoisotopic (exact) mass is 150 g/mol. The molecule has 0 N–H and O–H groups in total. The lowest BCUT2D eigenvalue weighted by Crippen LogP contribution is -1.98. The minimum atomic E-state index is -0.347. The van der Waals surface area contributed by atoms with Crippen LogP contribution in [0.25, 0.3) is 0 Å². The number of methoxy groups -OCH3 is 1. The number of esters is 1. The Morgan fingerprint density at radius 2 is 1.89 bits per heavy atom. The van der Waals surface area contributed by atoms with Crippen LogP contribution in [0.15, 0.2) is 12.2 Å². The first-order chi connectivity index (χ1) is 4.18. The SMILES string of the molecule is C=C(C)C(=O)OC.CCl. The van der Waals surface area contributed by atoms with Crippen molar-refractivity contribution in [2.45, 2.75) is 6.92 Å². The number of halogens is 1. The Labute approximate surface area is 60.5 Å². The van der Waals surface area contributed by atoms with Crippen LogP contribution in [0.4, 0.5) is 0 Å². The predicted octanol–water partition coefficient (Wildman–Crippen LogP) is 1.59. The van der Waals surface area contributed by atoms with E-state index in [-0.39, 0.29) is 5.97 Å². The summed E-state index contributed by atoms with van der Waals surface area (Å²) >= 11 is 4.64. The Bertz CT molecular complexity index is 99.2. The van der Waals surface area contributed by atoms with E-state index in [1.54, 1.807) is 6.92 Å². The van der Waals surface area contributed by atoms with Gasteiger partial charge in [0.1, 0.15) is 0 Å². The summed E-state index contributed by atoms with van der Waals surface area (Å²) in [7, 11) is 1.33. The van der Waals surface area contributed by atoms with E-state index in [0.717, 1.165) is 0 Å². The largest absolute Gasteiger partial charge is 0.466 e. The van der Waals surface area contributed by atoms with Crippen molar-refractivity contribution in [3.63, 3.8) is 0 Å². The second-order valence-corrected chi connectivity index (χ2v) is 1.27. The van der Waals surface area contributed by atoms with Gasteiger partial charge in [-0.05, 0) is 6.92 Å². The van der Waals surface area contributed by atoms with Gasteiger partial charge in [0.05, 0.1) is 7.11 Å². The lowest BCUT2D eigenvalue weighted by atomic mass is 10.4. The molecule has 3 heteroatoms. The van der Waals surface area contributed by atoms with Crippen molar-refractivity contribution in [1.29, 1.82) is 0 Å². The maximum absolute atomic E-state index is 10.2. The third-order valence-corrected chi connectivity index (χ3v) is 0.534. The van der Waals surface area contributed by atoms with Crippen molar-refractivity contribution in [3.05, 3.63) is 12.2 Å². The van der Waals surface area contributed by atoms with Crippen LogP contribution >= 0.6 is 11.6 Å². The molecule has 0 heterocycles. The van der Waals surface area contributed by atoms with Gasteiger partial charge >= 0.3 is 5.97 Å². The molecule has 0 aromatic rings. The van der Waals surface area contributed by atoms with E-state index in [9.17, 15) is 4.79 Å². The van der Waals surface area contributed by atoms with Crippen LogP contribution in [-0.4, -0.2) is 19.5 Å². The van der Waals surface area contributed by atoms with Crippen molar-refractivity contribution in [1.82, 2.24) is 0 Å². The number of rotatable bonds is 1. The van der Waals surface area contributed by atoms with Crippen LogP contribution in [0, 0.1) is 0 Å². The first-order valence-electron chi connectivity index (χ1n) is 2.30. The molecule has 0 saturated carbocycles. The molecule has 0 amide bonds. The van der Waals surface area contributed by atoms with Gasteiger partial charge in [0.2, 0.25) is 0 Å². The van der Waals surface area contributed by atoms with Gasteiger partial charge in [-0.3, -0.25) is 0 Å². The van der Waals surface area contributed by atoms with E-state index in [0.29, 0.717) is 5.57 Å². The standard InChI is InChI=1S/C5H8O2.CH3Cl/c1-4(2)5(6)7-3;1-2/h1H2,2-3H3;1H3. The van der Waals surface area contributed by atoms with Gasteiger partial charge in [0, 0.05) is 12.0 Å². The minimum Gasteiger partial charge on any atom is -0.466 e. The molecule has 0 spiro atoms. The maximum atomic E-state index is 10.2. The van der Waals surface area contributed by atoms with Crippen molar-refractivity contribution in [2.75, 3.05) is 13.5 Å². The smallest absolute Gasteiger partial charge is 0.332 e. The third-order valence-electron chi connectivity index (χ3n) is 0.534. The molecule has 9 heavy (non-hydrogen) atoms. The summed E-state index contributed by atoms with van der Waals surface area (Å²) in [4.78, 5) is 10.2. The molecule has 0 radical (unpaired) electrons. The third kappa shape index (κ3) is 7.50. The minimum absolute atomic E-state index is 0.347. The molecular formula is C6H11ClO2. The van der Waals surface area contributed by atoms with Gasteiger partial charge in [0.15, 0.2) is 0 Å². The van der Waals surface area contributed by atoms with Gasteiger partial charge in [-0.1, -0.05) is 6.58 Å². The molecule has 0 bridgehead atoms. The Morgan fingerprint density at radius 3 is 1.89 bits per heavy atom. The van der Waals surface area contributed by atoms with Crippen molar-refractivity contribution in [2.24, 2.45) is 0 Å². The van der Waals surface area contributed by atoms with Crippen LogP contribution in [0.5, 0.6) is 0 Å². The molecule has 0 fully saturated rings. The van der Waals surface area contributed by atoms with E-state index in [4.69, 9.17) is 0 Å². The highest BCUT2D eigenvalue weighted by atomic mass is 35.5. The molecule has 0 aliphatic rings. The highest BCUT2D eigenvalue weighted by Crippen LogP contribution is 1.87. The lowest BCUT2D eigenvalue weighted by molar-refractivity contribution is -0.136. The van der Waals surface area contributed by atoms with E-state index in [1.807, 2.05) is 0 Å². The molecule has 0 aliphatic heterocycles. The molecule has 0 unspecified atom stereocenters. The molecule has 0 aliphatic carbocycles. The number of hydrogen-bond donors (Lipinski definition) is 0. The highest BCUT2D eigenvalue weighted by Gasteiger charge is 1.95. The van der Waals surface area contributed by atoms with E-state index in [2.05, 4.69) is 22.9 Å². The van der Waals surface area contributed by atoms with E-state index in [1.165, 1.54) is 13.5 Å². The Morgan fingerprint density at radius 1 is 1.56 bits per heavy atom. The second-order valence-electron chi connectivity index (χ2n) is 1.27. The summed E-state index contributed by atoms with van der Waals surface area (Å²) in [5.41, 5.74) is 0.433. The number of carbonyl (C=O) groups is 1. The topological polar surface area (TPSA) is 26.3 Å². The maximum Gasteiger partial charge on any atom is 0.332 e. The summed E-state index contributed by atoms with van der Waals surface area (Å²) < 4.78 is 4.27. The first-order valence-corrected chi connectivity index (χ1v) is 3.05. The number of hydrogen-bond acceptors (Lipinski definition) is 2. The Balaban J connectivity index is 0. The molecule has 2 nitrogen and oxygen atoms in total. The summed E-state index contributed by atoms with van der Waals surface area (Å²) in [5, 5.41) is 0. The van der Waals surface area contributed by atoms with Gasteiger partial charge in [-0.2, -0.15) is 0 Å². The van der Waals surface area contributed by atoms with Crippen molar-refractivity contribution in [3.8, 4) is 0 Å². The Hall–Kier alpha value is -0.500. The second kappa shape index (κ2) is 7.50. The fraction of sp³-hybridized carbons (Fsp3) is 0.500. The summed E-state index contributed by atoms with van der Waals surface area (Å²) in [6.07, 6.45) is 1.47. The molecule has 0 atom stereocenters. The summed E-state index contributed by atoms with van der Waals surface area (Å²) in [6.45, 7) is 4.95.